The Labute approximate surface area is 204 Å². The van der Waals surface area contributed by atoms with Gasteiger partial charge >= 0.3 is 0 Å². The SMILES string of the molecule is Cc1cc(C)cc(NC(=O)CSc2nc(-c3ccccc3)nn2C(=O)c2ccccc2Br)c1. The van der Waals surface area contributed by atoms with E-state index in [4.69, 9.17) is 0 Å². The minimum Gasteiger partial charge on any atom is -0.325 e. The van der Waals surface area contributed by atoms with E-state index in [-0.39, 0.29) is 17.6 Å². The molecule has 0 unspecified atom stereocenters. The largest absolute Gasteiger partial charge is 0.325 e. The fourth-order valence-electron chi connectivity index (χ4n) is 3.36. The second kappa shape index (κ2) is 10.1. The molecule has 0 saturated carbocycles. The number of aryl methyl sites for hydroxylation is 2. The summed E-state index contributed by atoms with van der Waals surface area (Å²) in [5, 5.41) is 7.73. The minimum atomic E-state index is -0.325. The van der Waals surface area contributed by atoms with Crippen molar-refractivity contribution < 1.29 is 9.59 Å². The quantitative estimate of drug-likeness (QED) is 0.328. The van der Waals surface area contributed by atoms with Gasteiger partial charge in [0.2, 0.25) is 5.91 Å². The first-order valence-corrected chi connectivity index (χ1v) is 12.0. The third-order valence-corrected chi connectivity index (χ3v) is 6.36. The van der Waals surface area contributed by atoms with E-state index < -0.39 is 0 Å². The first kappa shape index (κ1) is 22.9. The summed E-state index contributed by atoms with van der Waals surface area (Å²) in [4.78, 5) is 30.4. The van der Waals surface area contributed by atoms with Crippen LogP contribution in [0.2, 0.25) is 0 Å². The summed E-state index contributed by atoms with van der Waals surface area (Å²) in [6.45, 7) is 3.97. The van der Waals surface area contributed by atoms with E-state index in [1.54, 1.807) is 18.2 Å². The third kappa shape index (κ3) is 5.58. The number of rotatable bonds is 6. The van der Waals surface area contributed by atoms with Gasteiger partial charge in [0.05, 0.1) is 11.3 Å². The van der Waals surface area contributed by atoms with E-state index in [0.29, 0.717) is 21.0 Å². The summed E-state index contributed by atoms with van der Waals surface area (Å²) in [6.07, 6.45) is 0. The first-order chi connectivity index (χ1) is 15.9. The predicted octanol–water partition coefficient (Wildman–Crippen LogP) is 5.74. The molecule has 166 valence electrons. The number of nitrogens with one attached hydrogen (secondary N) is 1. The molecule has 0 radical (unpaired) electrons. The lowest BCUT2D eigenvalue weighted by Crippen LogP contribution is -2.18. The summed E-state index contributed by atoms with van der Waals surface area (Å²) in [5.74, 6) is 0.000114. The molecular weight excluding hydrogens is 500 g/mol. The Kier molecular flexibility index (Phi) is 7.05. The molecule has 1 N–H and O–H groups in total. The Morgan fingerprint density at radius 3 is 2.33 bits per heavy atom. The molecule has 1 heterocycles. The second-order valence-electron chi connectivity index (χ2n) is 7.49. The lowest BCUT2D eigenvalue weighted by molar-refractivity contribution is -0.113. The number of aromatic nitrogens is 3. The Balaban J connectivity index is 1.59. The van der Waals surface area contributed by atoms with Crippen LogP contribution in [0.5, 0.6) is 0 Å². The Morgan fingerprint density at radius 1 is 0.970 bits per heavy atom. The summed E-state index contributed by atoms with van der Waals surface area (Å²) in [5.41, 5.74) is 4.14. The van der Waals surface area contributed by atoms with E-state index >= 15 is 0 Å². The smallest absolute Gasteiger partial charge is 0.281 e. The highest BCUT2D eigenvalue weighted by Gasteiger charge is 2.21. The van der Waals surface area contributed by atoms with Crippen LogP contribution in [0.1, 0.15) is 21.5 Å². The number of nitrogens with zero attached hydrogens (tertiary/aromatic N) is 3. The van der Waals surface area contributed by atoms with Gasteiger partial charge in [0.1, 0.15) is 0 Å². The molecule has 4 rings (SSSR count). The van der Waals surface area contributed by atoms with Crippen molar-refractivity contribution >= 4 is 45.2 Å². The highest BCUT2D eigenvalue weighted by Crippen LogP contribution is 2.25. The number of hydrogen-bond donors (Lipinski definition) is 1. The van der Waals surface area contributed by atoms with Gasteiger partial charge in [-0.15, -0.1) is 5.10 Å². The number of amides is 1. The van der Waals surface area contributed by atoms with Gasteiger partial charge < -0.3 is 5.32 Å². The molecule has 0 saturated heterocycles. The van der Waals surface area contributed by atoms with E-state index in [1.165, 1.54) is 16.4 Å². The maximum atomic E-state index is 13.3. The van der Waals surface area contributed by atoms with Crippen molar-refractivity contribution in [3.63, 3.8) is 0 Å². The molecule has 4 aromatic rings. The van der Waals surface area contributed by atoms with Crippen LogP contribution < -0.4 is 5.32 Å². The van der Waals surface area contributed by atoms with Crippen LogP contribution in [-0.4, -0.2) is 32.3 Å². The van der Waals surface area contributed by atoms with E-state index in [0.717, 1.165) is 22.4 Å². The van der Waals surface area contributed by atoms with Crippen LogP contribution in [0, 0.1) is 13.8 Å². The van der Waals surface area contributed by atoms with Crippen molar-refractivity contribution in [2.24, 2.45) is 0 Å². The molecule has 0 bridgehead atoms. The van der Waals surface area contributed by atoms with Gasteiger partial charge in [-0.05, 0) is 65.2 Å². The molecule has 0 aliphatic rings. The van der Waals surface area contributed by atoms with E-state index in [2.05, 4.69) is 31.3 Å². The Morgan fingerprint density at radius 2 is 1.64 bits per heavy atom. The van der Waals surface area contributed by atoms with Crippen molar-refractivity contribution in [2.75, 3.05) is 11.1 Å². The van der Waals surface area contributed by atoms with Gasteiger partial charge in [-0.3, -0.25) is 9.59 Å². The molecule has 0 spiro atoms. The molecule has 0 aliphatic heterocycles. The monoisotopic (exact) mass is 520 g/mol. The standard InChI is InChI=1S/C25H21BrN4O2S/c1-16-12-17(2)14-19(13-16)27-22(31)15-33-25-28-23(18-8-4-3-5-9-18)29-30(25)24(32)20-10-6-7-11-21(20)26/h3-14H,15H2,1-2H3,(H,27,31). The lowest BCUT2D eigenvalue weighted by Gasteiger charge is -2.08. The van der Waals surface area contributed by atoms with Crippen molar-refractivity contribution in [3.8, 4) is 11.4 Å². The lowest BCUT2D eigenvalue weighted by atomic mass is 10.1. The van der Waals surface area contributed by atoms with Gasteiger partial charge in [0.25, 0.3) is 5.91 Å². The predicted molar refractivity (Wildman–Crippen MR) is 135 cm³/mol. The fraction of sp³-hybridized carbons (Fsp3) is 0.120. The van der Waals surface area contributed by atoms with Gasteiger partial charge in [-0.25, -0.2) is 4.98 Å². The first-order valence-electron chi connectivity index (χ1n) is 10.2. The summed E-state index contributed by atoms with van der Waals surface area (Å²) in [6, 6.07) is 22.5. The fourth-order valence-corrected chi connectivity index (χ4v) is 4.54. The third-order valence-electron chi connectivity index (χ3n) is 4.74. The molecule has 8 heteroatoms. The summed E-state index contributed by atoms with van der Waals surface area (Å²) >= 11 is 4.60. The molecule has 3 aromatic carbocycles. The maximum Gasteiger partial charge on any atom is 0.281 e. The zero-order valence-electron chi connectivity index (χ0n) is 18.1. The summed E-state index contributed by atoms with van der Waals surface area (Å²) < 4.78 is 1.92. The van der Waals surface area contributed by atoms with Gasteiger partial charge in [0, 0.05) is 15.7 Å². The van der Waals surface area contributed by atoms with Crippen LogP contribution in [0.15, 0.2) is 82.4 Å². The van der Waals surface area contributed by atoms with Crippen molar-refractivity contribution in [3.05, 3.63) is 94.0 Å². The number of thioether (sulfide) groups is 1. The number of hydrogen-bond acceptors (Lipinski definition) is 5. The van der Waals surface area contributed by atoms with Crippen LogP contribution in [0.4, 0.5) is 5.69 Å². The maximum absolute atomic E-state index is 13.3. The molecule has 0 aliphatic carbocycles. The zero-order valence-corrected chi connectivity index (χ0v) is 20.5. The van der Waals surface area contributed by atoms with Crippen molar-refractivity contribution in [2.45, 2.75) is 19.0 Å². The average molecular weight is 521 g/mol. The normalized spacial score (nSPS) is 10.8. The van der Waals surface area contributed by atoms with Crippen LogP contribution in [0.25, 0.3) is 11.4 Å². The molecular formula is C25H21BrN4O2S. The minimum absolute atomic E-state index is 0.0865. The van der Waals surface area contributed by atoms with Gasteiger partial charge in [0.15, 0.2) is 11.0 Å². The number of anilines is 1. The topological polar surface area (TPSA) is 76.9 Å². The average Bonchev–Trinajstić information content (AvgIpc) is 3.22. The van der Waals surface area contributed by atoms with Crippen LogP contribution >= 0.6 is 27.7 Å². The molecule has 33 heavy (non-hydrogen) atoms. The van der Waals surface area contributed by atoms with E-state index in [1.807, 2.05) is 68.4 Å². The van der Waals surface area contributed by atoms with Crippen molar-refractivity contribution in [1.29, 1.82) is 0 Å². The number of halogens is 1. The van der Waals surface area contributed by atoms with Crippen molar-refractivity contribution in [1.82, 2.24) is 14.8 Å². The van der Waals surface area contributed by atoms with Crippen LogP contribution in [-0.2, 0) is 4.79 Å². The Hall–Kier alpha value is -3.23. The molecule has 6 nitrogen and oxygen atoms in total. The number of benzene rings is 3. The molecule has 1 amide bonds. The second-order valence-corrected chi connectivity index (χ2v) is 9.29. The molecule has 0 fully saturated rings. The van der Waals surface area contributed by atoms with E-state index in [9.17, 15) is 9.59 Å². The molecule has 1 aromatic heterocycles. The van der Waals surface area contributed by atoms with Gasteiger partial charge in [-0.2, -0.15) is 4.68 Å². The highest BCUT2D eigenvalue weighted by atomic mass is 79.9. The van der Waals surface area contributed by atoms with Crippen LogP contribution in [0.3, 0.4) is 0 Å². The number of carbonyl (C=O) groups is 2. The zero-order chi connectivity index (χ0) is 23.4. The van der Waals surface area contributed by atoms with Gasteiger partial charge in [-0.1, -0.05) is 60.3 Å². The Bertz CT molecular complexity index is 1300. The highest BCUT2D eigenvalue weighted by molar-refractivity contribution is 9.10. The number of carbonyl (C=O) groups excluding carboxylic acids is 2. The molecule has 0 atom stereocenters. The summed E-state index contributed by atoms with van der Waals surface area (Å²) in [7, 11) is 0.